The van der Waals surface area contributed by atoms with Crippen LogP contribution >= 0.6 is 0 Å². The largest absolute Gasteiger partial charge is 0.371 e. The van der Waals surface area contributed by atoms with Crippen molar-refractivity contribution < 1.29 is 9.53 Å². The predicted octanol–water partition coefficient (Wildman–Crippen LogP) is 2.72. The van der Waals surface area contributed by atoms with Crippen LogP contribution in [0.1, 0.15) is 50.4 Å². The Morgan fingerprint density at radius 1 is 1.27 bits per heavy atom. The lowest BCUT2D eigenvalue weighted by Crippen LogP contribution is -2.51. The van der Waals surface area contributed by atoms with Crippen molar-refractivity contribution in [3.05, 3.63) is 36.2 Å². The van der Waals surface area contributed by atoms with Crippen LogP contribution in [0.3, 0.4) is 0 Å². The van der Waals surface area contributed by atoms with Gasteiger partial charge in [0.15, 0.2) is 0 Å². The van der Waals surface area contributed by atoms with Gasteiger partial charge in [-0.15, -0.1) is 5.10 Å². The van der Waals surface area contributed by atoms with E-state index in [0.717, 1.165) is 24.9 Å². The number of tetrazole rings is 1. The number of ether oxygens (including phenoxy) is 1. The zero-order chi connectivity index (χ0) is 18.5. The van der Waals surface area contributed by atoms with Crippen LogP contribution in [-0.2, 0) is 4.74 Å². The lowest BCUT2D eigenvalue weighted by molar-refractivity contribution is -0.0962. The minimum Gasteiger partial charge on any atom is -0.371 e. The summed E-state index contributed by atoms with van der Waals surface area (Å²) in [7, 11) is 0. The molecule has 1 aliphatic rings. The van der Waals surface area contributed by atoms with Gasteiger partial charge in [-0.3, -0.25) is 4.79 Å². The Balaban J connectivity index is 1.72. The SMILES string of the molecule is CCCC[C@@H]1CN(C(=O)c2ccc(-n3cnnn3)cc2)C[C@H](C(C)C)O1. The molecule has 7 nitrogen and oxygen atoms in total. The van der Waals surface area contributed by atoms with Crippen molar-refractivity contribution in [3.8, 4) is 5.69 Å². The molecular formula is C19H27N5O2. The van der Waals surface area contributed by atoms with Crippen molar-refractivity contribution in [1.82, 2.24) is 25.1 Å². The minimum absolute atomic E-state index is 0.0590. The third kappa shape index (κ3) is 4.27. The highest BCUT2D eigenvalue weighted by molar-refractivity contribution is 5.94. The first-order chi connectivity index (χ1) is 12.6. The molecular weight excluding hydrogens is 330 g/mol. The van der Waals surface area contributed by atoms with Crippen molar-refractivity contribution in [2.75, 3.05) is 13.1 Å². The number of hydrogen-bond donors (Lipinski definition) is 0. The quantitative estimate of drug-likeness (QED) is 0.795. The number of morpholine rings is 1. The molecule has 0 spiro atoms. The molecule has 1 aliphatic heterocycles. The Labute approximate surface area is 154 Å². The number of hydrogen-bond acceptors (Lipinski definition) is 5. The number of carbonyl (C=O) groups is 1. The first kappa shape index (κ1) is 18.5. The summed E-state index contributed by atoms with van der Waals surface area (Å²) in [4.78, 5) is 15.0. The highest BCUT2D eigenvalue weighted by Crippen LogP contribution is 2.22. The van der Waals surface area contributed by atoms with Crippen LogP contribution in [0.15, 0.2) is 30.6 Å². The number of amides is 1. The molecule has 2 aromatic rings. The first-order valence-corrected chi connectivity index (χ1v) is 9.36. The zero-order valence-electron chi connectivity index (χ0n) is 15.7. The van der Waals surface area contributed by atoms with Gasteiger partial charge in [-0.2, -0.15) is 0 Å². The number of nitrogens with zero attached hydrogens (tertiary/aromatic N) is 5. The zero-order valence-corrected chi connectivity index (χ0v) is 15.7. The average molecular weight is 357 g/mol. The van der Waals surface area contributed by atoms with Crippen molar-refractivity contribution in [2.45, 2.75) is 52.2 Å². The third-order valence-electron chi connectivity index (χ3n) is 4.83. The molecule has 3 rings (SSSR count). The highest BCUT2D eigenvalue weighted by atomic mass is 16.5. The van der Waals surface area contributed by atoms with Gasteiger partial charge < -0.3 is 9.64 Å². The molecule has 26 heavy (non-hydrogen) atoms. The van der Waals surface area contributed by atoms with Gasteiger partial charge in [0.05, 0.1) is 17.9 Å². The summed E-state index contributed by atoms with van der Waals surface area (Å²) < 4.78 is 7.78. The van der Waals surface area contributed by atoms with E-state index in [9.17, 15) is 4.79 Å². The van der Waals surface area contributed by atoms with Crippen LogP contribution in [0.4, 0.5) is 0 Å². The lowest BCUT2D eigenvalue weighted by atomic mass is 10.0. The minimum atomic E-state index is 0.0590. The van der Waals surface area contributed by atoms with E-state index >= 15 is 0 Å². The summed E-state index contributed by atoms with van der Waals surface area (Å²) in [6, 6.07) is 7.39. The first-order valence-electron chi connectivity index (χ1n) is 9.36. The number of aromatic nitrogens is 4. The molecule has 1 amide bonds. The Kier molecular flexibility index (Phi) is 5.98. The summed E-state index contributed by atoms with van der Waals surface area (Å²) in [5, 5.41) is 11.1. The van der Waals surface area contributed by atoms with Gasteiger partial charge >= 0.3 is 0 Å². The summed E-state index contributed by atoms with van der Waals surface area (Å²) in [5.74, 6) is 0.445. The maximum atomic E-state index is 13.0. The van der Waals surface area contributed by atoms with Gasteiger partial charge in [0, 0.05) is 18.7 Å². The van der Waals surface area contributed by atoms with Gasteiger partial charge in [-0.25, -0.2) is 4.68 Å². The summed E-state index contributed by atoms with van der Waals surface area (Å²) in [6.07, 6.45) is 5.01. The number of benzene rings is 1. The molecule has 7 heteroatoms. The molecule has 0 unspecified atom stereocenters. The smallest absolute Gasteiger partial charge is 0.254 e. The van der Waals surface area contributed by atoms with Crippen molar-refractivity contribution in [1.29, 1.82) is 0 Å². The molecule has 1 aromatic carbocycles. The van der Waals surface area contributed by atoms with E-state index < -0.39 is 0 Å². The fraction of sp³-hybridized carbons (Fsp3) is 0.579. The molecule has 0 aliphatic carbocycles. The van der Waals surface area contributed by atoms with E-state index in [4.69, 9.17) is 4.74 Å². The van der Waals surface area contributed by atoms with E-state index in [0.29, 0.717) is 24.6 Å². The van der Waals surface area contributed by atoms with E-state index in [1.54, 1.807) is 4.68 Å². The Morgan fingerprint density at radius 3 is 2.65 bits per heavy atom. The van der Waals surface area contributed by atoms with Gasteiger partial charge in [0.2, 0.25) is 0 Å². The molecule has 0 bridgehead atoms. The molecule has 1 aromatic heterocycles. The summed E-state index contributed by atoms with van der Waals surface area (Å²) in [5.41, 5.74) is 1.51. The summed E-state index contributed by atoms with van der Waals surface area (Å²) in [6.45, 7) is 7.79. The van der Waals surface area contributed by atoms with E-state index in [-0.39, 0.29) is 18.1 Å². The Hall–Kier alpha value is -2.28. The topological polar surface area (TPSA) is 73.1 Å². The van der Waals surface area contributed by atoms with Gasteiger partial charge in [-0.05, 0) is 47.0 Å². The number of unbranched alkanes of at least 4 members (excludes halogenated alkanes) is 1. The molecule has 2 heterocycles. The standard InChI is InChI=1S/C19H27N5O2/c1-4-5-6-17-11-23(12-18(26-17)14(2)3)19(25)15-7-9-16(10-8-15)24-13-20-21-22-24/h7-10,13-14,17-18H,4-6,11-12H2,1-3H3/t17-,18-/m1/s1. The Morgan fingerprint density at radius 2 is 2.04 bits per heavy atom. The second-order valence-corrected chi connectivity index (χ2v) is 7.19. The van der Waals surface area contributed by atoms with Crippen molar-refractivity contribution >= 4 is 5.91 Å². The lowest BCUT2D eigenvalue weighted by Gasteiger charge is -2.40. The maximum Gasteiger partial charge on any atom is 0.254 e. The second-order valence-electron chi connectivity index (χ2n) is 7.19. The van der Waals surface area contributed by atoms with Crippen molar-refractivity contribution in [3.63, 3.8) is 0 Å². The van der Waals surface area contributed by atoms with Crippen LogP contribution in [0.5, 0.6) is 0 Å². The fourth-order valence-electron chi connectivity index (χ4n) is 3.21. The number of rotatable bonds is 6. The normalized spacial score (nSPS) is 20.5. The van der Waals surface area contributed by atoms with E-state index in [2.05, 4.69) is 36.3 Å². The Bertz CT molecular complexity index is 699. The molecule has 140 valence electrons. The average Bonchev–Trinajstić information content (AvgIpc) is 3.20. The molecule has 1 saturated heterocycles. The maximum absolute atomic E-state index is 13.0. The molecule has 1 fully saturated rings. The second kappa shape index (κ2) is 8.40. The summed E-state index contributed by atoms with van der Waals surface area (Å²) >= 11 is 0. The van der Waals surface area contributed by atoms with Gasteiger partial charge in [0.1, 0.15) is 6.33 Å². The van der Waals surface area contributed by atoms with Crippen molar-refractivity contribution in [2.24, 2.45) is 5.92 Å². The molecule has 0 radical (unpaired) electrons. The fourth-order valence-corrected chi connectivity index (χ4v) is 3.21. The monoisotopic (exact) mass is 357 g/mol. The van der Waals surface area contributed by atoms with Crippen LogP contribution < -0.4 is 0 Å². The molecule has 0 saturated carbocycles. The van der Waals surface area contributed by atoms with Crippen LogP contribution in [0, 0.1) is 5.92 Å². The van der Waals surface area contributed by atoms with Gasteiger partial charge in [0.25, 0.3) is 5.91 Å². The van der Waals surface area contributed by atoms with Crippen LogP contribution in [0.2, 0.25) is 0 Å². The third-order valence-corrected chi connectivity index (χ3v) is 4.83. The van der Waals surface area contributed by atoms with Crippen LogP contribution in [0.25, 0.3) is 5.69 Å². The number of carbonyl (C=O) groups excluding carboxylic acids is 1. The van der Waals surface area contributed by atoms with Gasteiger partial charge in [-0.1, -0.05) is 33.6 Å². The highest BCUT2D eigenvalue weighted by Gasteiger charge is 2.32. The van der Waals surface area contributed by atoms with E-state index in [1.807, 2.05) is 29.2 Å². The predicted molar refractivity (Wildman–Crippen MR) is 98.1 cm³/mol. The molecule has 2 atom stereocenters. The van der Waals surface area contributed by atoms with E-state index in [1.165, 1.54) is 6.33 Å². The van der Waals surface area contributed by atoms with Crippen LogP contribution in [-0.4, -0.2) is 56.3 Å². The molecule has 0 N–H and O–H groups in total.